The maximum atomic E-state index is 12.5. The number of hydrogen-bond acceptors (Lipinski definition) is 5. The first-order chi connectivity index (χ1) is 12.7. The molecule has 3 aromatic rings. The average molecular weight is 379 g/mol. The number of pyridine rings is 1. The van der Waals surface area contributed by atoms with Crippen LogP contribution in [0, 0.1) is 13.8 Å². The lowest BCUT2D eigenvalue weighted by atomic mass is 10.1. The van der Waals surface area contributed by atoms with E-state index < -0.39 is 12.8 Å². The summed E-state index contributed by atoms with van der Waals surface area (Å²) >= 11 is 0. The molecule has 2 heterocycles. The Hall–Kier alpha value is -3.10. The van der Waals surface area contributed by atoms with Gasteiger partial charge in [0.2, 0.25) is 5.88 Å². The molecule has 0 fully saturated rings. The number of carbonyl (C=O) groups excluding carboxylic acids is 1. The van der Waals surface area contributed by atoms with Gasteiger partial charge in [-0.1, -0.05) is 6.07 Å². The number of nitrogens with zero attached hydrogens (tertiary/aromatic N) is 2. The normalized spacial score (nSPS) is 11.6. The maximum absolute atomic E-state index is 12.5. The van der Waals surface area contributed by atoms with E-state index in [2.05, 4.69) is 20.0 Å². The molecule has 0 unspecified atom stereocenters. The van der Waals surface area contributed by atoms with Gasteiger partial charge in [0.15, 0.2) is 18.1 Å². The summed E-state index contributed by atoms with van der Waals surface area (Å²) in [7, 11) is 0. The minimum atomic E-state index is -4.42. The number of hydrogen-bond donors (Lipinski definition) is 1. The van der Waals surface area contributed by atoms with Crippen molar-refractivity contribution < 1.29 is 27.1 Å². The highest BCUT2D eigenvalue weighted by atomic mass is 19.4. The van der Waals surface area contributed by atoms with Crippen LogP contribution < -0.4 is 10.1 Å². The van der Waals surface area contributed by atoms with Crippen molar-refractivity contribution in [1.82, 2.24) is 15.3 Å². The van der Waals surface area contributed by atoms with E-state index in [4.69, 9.17) is 4.42 Å². The third-order valence-electron chi connectivity index (χ3n) is 3.62. The Balaban J connectivity index is 1.66. The number of benzene rings is 1. The molecule has 2 aromatic heterocycles. The first-order valence-corrected chi connectivity index (χ1v) is 8.02. The van der Waals surface area contributed by atoms with Crippen LogP contribution in [0.3, 0.4) is 0 Å². The molecule has 142 valence electrons. The summed E-state index contributed by atoms with van der Waals surface area (Å²) in [6, 6.07) is 6.38. The third-order valence-corrected chi connectivity index (χ3v) is 3.62. The first kappa shape index (κ1) is 18.7. The Labute approximate surface area is 152 Å². The molecule has 27 heavy (non-hydrogen) atoms. The minimum Gasteiger partial charge on any atom is -0.468 e. The lowest BCUT2D eigenvalue weighted by Crippen LogP contribution is -2.23. The topological polar surface area (TPSA) is 77.2 Å². The second-order valence-corrected chi connectivity index (χ2v) is 5.98. The number of nitrogens with one attached hydrogen (secondary N) is 1. The number of amides is 1. The van der Waals surface area contributed by atoms with Crippen molar-refractivity contribution in [3.8, 4) is 5.88 Å². The van der Waals surface area contributed by atoms with E-state index in [1.54, 1.807) is 13.0 Å². The van der Waals surface area contributed by atoms with Crippen LogP contribution in [0.5, 0.6) is 5.88 Å². The number of halogens is 3. The van der Waals surface area contributed by atoms with Crippen molar-refractivity contribution in [2.45, 2.75) is 26.6 Å². The molecule has 0 bridgehead atoms. The Bertz CT molecular complexity index is 966. The van der Waals surface area contributed by atoms with Gasteiger partial charge in [-0.2, -0.15) is 13.2 Å². The fourth-order valence-electron chi connectivity index (χ4n) is 2.49. The smallest absolute Gasteiger partial charge is 0.422 e. The van der Waals surface area contributed by atoms with E-state index in [-0.39, 0.29) is 18.3 Å². The average Bonchev–Trinajstić information content (AvgIpc) is 2.97. The van der Waals surface area contributed by atoms with Crippen molar-refractivity contribution >= 4 is 17.0 Å². The van der Waals surface area contributed by atoms with Crippen LogP contribution >= 0.6 is 0 Å². The van der Waals surface area contributed by atoms with E-state index in [1.165, 1.54) is 18.3 Å². The van der Waals surface area contributed by atoms with Crippen LogP contribution in [-0.2, 0) is 6.54 Å². The summed E-state index contributed by atoms with van der Waals surface area (Å²) in [5.74, 6) is -0.0273. The number of rotatable bonds is 5. The van der Waals surface area contributed by atoms with Crippen LogP contribution in [0.4, 0.5) is 13.2 Å². The molecule has 0 spiro atoms. The molecule has 0 atom stereocenters. The van der Waals surface area contributed by atoms with Crippen molar-refractivity contribution in [2.75, 3.05) is 6.61 Å². The van der Waals surface area contributed by atoms with Crippen LogP contribution in [0.1, 0.15) is 27.4 Å². The monoisotopic (exact) mass is 379 g/mol. The number of oxazole rings is 1. The number of fused-ring (bicyclic) bond motifs is 1. The molecule has 1 amide bonds. The molecule has 0 aliphatic carbocycles. The number of alkyl halides is 3. The Morgan fingerprint density at radius 3 is 2.70 bits per heavy atom. The number of carbonyl (C=O) groups is 1. The zero-order chi connectivity index (χ0) is 19.6. The Morgan fingerprint density at radius 2 is 2.04 bits per heavy atom. The quantitative estimate of drug-likeness (QED) is 0.731. The molecule has 0 saturated heterocycles. The largest absolute Gasteiger partial charge is 0.468 e. The summed E-state index contributed by atoms with van der Waals surface area (Å²) in [6.07, 6.45) is -3.08. The molecule has 0 aliphatic heterocycles. The lowest BCUT2D eigenvalue weighted by Gasteiger charge is -2.09. The first-order valence-electron chi connectivity index (χ1n) is 8.02. The summed E-state index contributed by atoms with van der Waals surface area (Å²) in [5, 5.41) is 2.73. The van der Waals surface area contributed by atoms with E-state index in [0.717, 1.165) is 5.56 Å². The number of aromatic nitrogens is 2. The summed E-state index contributed by atoms with van der Waals surface area (Å²) in [6.45, 7) is 2.29. The van der Waals surface area contributed by atoms with Gasteiger partial charge in [-0.25, -0.2) is 9.97 Å². The summed E-state index contributed by atoms with van der Waals surface area (Å²) in [4.78, 5) is 20.5. The predicted molar refractivity (Wildman–Crippen MR) is 90.4 cm³/mol. The van der Waals surface area contributed by atoms with E-state index in [1.807, 2.05) is 13.0 Å². The fraction of sp³-hybridized carbons (Fsp3) is 0.278. The van der Waals surface area contributed by atoms with Crippen molar-refractivity contribution in [3.05, 3.63) is 53.0 Å². The van der Waals surface area contributed by atoms with Crippen molar-refractivity contribution in [3.63, 3.8) is 0 Å². The second-order valence-electron chi connectivity index (χ2n) is 5.98. The zero-order valence-electron chi connectivity index (χ0n) is 14.6. The van der Waals surface area contributed by atoms with E-state index >= 15 is 0 Å². The zero-order valence-corrected chi connectivity index (χ0v) is 14.6. The van der Waals surface area contributed by atoms with Gasteiger partial charge in [-0.05, 0) is 30.2 Å². The highest BCUT2D eigenvalue weighted by Gasteiger charge is 2.28. The van der Waals surface area contributed by atoms with Crippen LogP contribution in [0.2, 0.25) is 0 Å². The molecule has 0 saturated carbocycles. The summed E-state index contributed by atoms with van der Waals surface area (Å²) < 4.78 is 46.4. The molecule has 6 nitrogen and oxygen atoms in total. The molecular formula is C18H16F3N3O3. The van der Waals surface area contributed by atoms with Crippen LogP contribution in [-0.4, -0.2) is 28.7 Å². The van der Waals surface area contributed by atoms with Crippen molar-refractivity contribution in [1.29, 1.82) is 0 Å². The third kappa shape index (κ3) is 4.75. The van der Waals surface area contributed by atoms with Gasteiger partial charge in [0, 0.05) is 25.7 Å². The van der Waals surface area contributed by atoms with Crippen LogP contribution in [0.25, 0.3) is 11.1 Å². The number of ether oxygens (including phenoxy) is 1. The second kappa shape index (κ2) is 7.26. The van der Waals surface area contributed by atoms with Gasteiger partial charge in [0.25, 0.3) is 5.91 Å². The van der Waals surface area contributed by atoms with Gasteiger partial charge >= 0.3 is 6.18 Å². The van der Waals surface area contributed by atoms with Crippen molar-refractivity contribution in [2.24, 2.45) is 0 Å². The van der Waals surface area contributed by atoms with Gasteiger partial charge < -0.3 is 14.5 Å². The molecule has 0 radical (unpaired) electrons. The molecule has 9 heteroatoms. The summed E-state index contributed by atoms with van der Waals surface area (Å²) in [5.41, 5.74) is 2.85. The number of aryl methyl sites for hydroxylation is 2. The van der Waals surface area contributed by atoms with Crippen LogP contribution in [0.15, 0.2) is 34.9 Å². The van der Waals surface area contributed by atoms with E-state index in [9.17, 15) is 18.0 Å². The highest BCUT2D eigenvalue weighted by Crippen LogP contribution is 2.22. The molecule has 1 N–H and O–H groups in total. The highest BCUT2D eigenvalue weighted by molar-refractivity contribution is 6.04. The van der Waals surface area contributed by atoms with Gasteiger partial charge in [0.05, 0.1) is 5.56 Å². The molecule has 0 aliphatic rings. The van der Waals surface area contributed by atoms with E-state index in [0.29, 0.717) is 28.1 Å². The maximum Gasteiger partial charge on any atom is 0.422 e. The van der Waals surface area contributed by atoms with Gasteiger partial charge in [-0.15, -0.1) is 0 Å². The Kier molecular flexibility index (Phi) is 5.02. The Morgan fingerprint density at radius 1 is 1.26 bits per heavy atom. The minimum absolute atomic E-state index is 0.139. The SMILES string of the molecule is Cc1cc(C(=O)NCc2ccc(OCC(F)(F)F)nc2)c2oc(C)nc2c1. The van der Waals surface area contributed by atoms with Gasteiger partial charge in [-0.3, -0.25) is 4.79 Å². The molecule has 1 aromatic carbocycles. The molecule has 3 rings (SSSR count). The molecular weight excluding hydrogens is 363 g/mol. The lowest BCUT2D eigenvalue weighted by molar-refractivity contribution is -0.154. The van der Waals surface area contributed by atoms with Gasteiger partial charge in [0.1, 0.15) is 5.52 Å². The fourth-order valence-corrected chi connectivity index (χ4v) is 2.49. The predicted octanol–water partition coefficient (Wildman–Crippen LogP) is 3.71. The standard InChI is InChI=1S/C18H16F3N3O3/c1-10-5-13(16-14(6-10)24-11(2)27-16)17(25)23-8-12-3-4-15(22-7-12)26-9-18(19,20)21/h3-7H,8-9H2,1-2H3,(H,23,25).